The molecular formula is C4H8KNaO3. The number of hydrogen-bond donors (Lipinski definition) is 0. The number of rotatable bonds is 0. The second-order valence-electron chi connectivity index (χ2n) is 1.09. The molecule has 0 aromatic rings. The summed E-state index contributed by atoms with van der Waals surface area (Å²) in [6.07, 6.45) is 0. The quantitative estimate of drug-likeness (QED) is 0.258. The zero-order chi connectivity index (χ0) is 5.86. The average Bonchev–Trinajstić information content (AvgIpc) is 1.27. The van der Waals surface area contributed by atoms with Crippen LogP contribution in [0.2, 0.25) is 0 Å². The van der Waals surface area contributed by atoms with Gasteiger partial charge in [-0.3, -0.25) is 9.59 Å². The first-order valence-electron chi connectivity index (χ1n) is 1.82. The van der Waals surface area contributed by atoms with E-state index in [2.05, 4.69) is 4.74 Å². The molecular weight excluding hydrogens is 158 g/mol. The minimum absolute atomic E-state index is 0. The van der Waals surface area contributed by atoms with E-state index in [9.17, 15) is 9.59 Å². The van der Waals surface area contributed by atoms with Gasteiger partial charge in [0.1, 0.15) is 0 Å². The Morgan fingerprint density at radius 1 is 1.11 bits per heavy atom. The monoisotopic (exact) mass is 166 g/mol. The third kappa shape index (κ3) is 17.7. The predicted molar refractivity (Wildman–Crippen MR) is 36.7 cm³/mol. The van der Waals surface area contributed by atoms with E-state index in [4.69, 9.17) is 0 Å². The number of carbonyl (C=O) groups excluding carboxylic acids is 2. The van der Waals surface area contributed by atoms with Crippen LogP contribution in [0.4, 0.5) is 0 Å². The third-order valence-electron chi connectivity index (χ3n) is 0.287. The van der Waals surface area contributed by atoms with Gasteiger partial charge in [0.05, 0.1) is 0 Å². The van der Waals surface area contributed by atoms with E-state index in [0.717, 1.165) is 0 Å². The molecule has 0 aromatic carbocycles. The van der Waals surface area contributed by atoms with Crippen LogP contribution in [0.25, 0.3) is 0 Å². The van der Waals surface area contributed by atoms with E-state index in [1.165, 1.54) is 13.8 Å². The summed E-state index contributed by atoms with van der Waals surface area (Å²) < 4.78 is 3.97. The number of hydrogen-bond acceptors (Lipinski definition) is 3. The summed E-state index contributed by atoms with van der Waals surface area (Å²) in [6, 6.07) is 0. The Morgan fingerprint density at radius 3 is 1.33 bits per heavy atom. The van der Waals surface area contributed by atoms with Crippen molar-refractivity contribution in [3.63, 3.8) is 0 Å². The molecule has 44 valence electrons. The Morgan fingerprint density at radius 2 is 1.33 bits per heavy atom. The second-order valence-corrected chi connectivity index (χ2v) is 1.09. The summed E-state index contributed by atoms with van der Waals surface area (Å²) in [5.41, 5.74) is 0. The van der Waals surface area contributed by atoms with Crippen LogP contribution in [0.5, 0.6) is 0 Å². The van der Waals surface area contributed by atoms with E-state index >= 15 is 0 Å². The Hall–Kier alpha value is 1.78. The first kappa shape index (κ1) is 17.0. The summed E-state index contributed by atoms with van der Waals surface area (Å²) >= 11 is 0. The van der Waals surface area contributed by atoms with Crippen LogP contribution >= 0.6 is 0 Å². The van der Waals surface area contributed by atoms with E-state index in [-0.39, 0.29) is 80.9 Å². The molecule has 0 rings (SSSR count). The molecule has 0 aliphatic heterocycles. The van der Waals surface area contributed by atoms with Crippen molar-refractivity contribution in [1.29, 1.82) is 0 Å². The SMILES string of the molecule is CC(=O)OC(C)=O.[KH].[NaH]. The van der Waals surface area contributed by atoms with Crippen molar-refractivity contribution in [3.05, 3.63) is 0 Å². The molecule has 0 aliphatic carbocycles. The van der Waals surface area contributed by atoms with Gasteiger partial charge in [-0.15, -0.1) is 0 Å². The van der Waals surface area contributed by atoms with Crippen LogP contribution in [0.15, 0.2) is 0 Å². The van der Waals surface area contributed by atoms with Crippen LogP contribution in [-0.2, 0) is 14.3 Å². The number of ether oxygens (including phenoxy) is 1. The van der Waals surface area contributed by atoms with Gasteiger partial charge in [0, 0.05) is 13.8 Å². The van der Waals surface area contributed by atoms with Crippen molar-refractivity contribution in [2.75, 3.05) is 0 Å². The first-order valence-corrected chi connectivity index (χ1v) is 1.82. The summed E-state index contributed by atoms with van der Waals surface area (Å²) in [4.78, 5) is 19.6. The molecule has 0 aromatic heterocycles. The van der Waals surface area contributed by atoms with Crippen molar-refractivity contribution in [3.8, 4) is 0 Å². The molecule has 0 saturated heterocycles. The van der Waals surface area contributed by atoms with Gasteiger partial charge in [-0.05, 0) is 0 Å². The van der Waals surface area contributed by atoms with Crippen molar-refractivity contribution in [1.82, 2.24) is 0 Å². The predicted octanol–water partition coefficient (Wildman–Crippen LogP) is -1.20. The maximum absolute atomic E-state index is 9.81. The van der Waals surface area contributed by atoms with Gasteiger partial charge >= 0.3 is 92.9 Å². The molecule has 0 bridgehead atoms. The number of carbonyl (C=O) groups is 2. The molecule has 9 heavy (non-hydrogen) atoms. The standard InChI is InChI=1S/C4H6O3.K.Na.2H/c1-3(5)7-4(2)6;;;;/h1-2H3;;;;. The fourth-order valence-electron chi connectivity index (χ4n) is 0.202. The molecule has 0 atom stereocenters. The Labute approximate surface area is 119 Å². The molecule has 3 nitrogen and oxygen atoms in total. The zero-order valence-electron chi connectivity index (χ0n) is 4.22. The van der Waals surface area contributed by atoms with Gasteiger partial charge in [0.2, 0.25) is 0 Å². The first-order chi connectivity index (χ1) is 3.13. The minimum atomic E-state index is -0.562. The summed E-state index contributed by atoms with van der Waals surface area (Å²) in [6.45, 7) is 2.36. The van der Waals surface area contributed by atoms with Crippen LogP contribution in [0.3, 0.4) is 0 Å². The fourth-order valence-corrected chi connectivity index (χ4v) is 0.202. The summed E-state index contributed by atoms with van der Waals surface area (Å²) in [5, 5.41) is 0. The van der Waals surface area contributed by atoms with Gasteiger partial charge < -0.3 is 4.74 Å². The normalized spacial score (nSPS) is 6.00. The van der Waals surface area contributed by atoms with Crippen molar-refractivity contribution >= 4 is 92.9 Å². The average molecular weight is 166 g/mol. The van der Waals surface area contributed by atoms with Crippen LogP contribution in [-0.4, -0.2) is 92.9 Å². The van der Waals surface area contributed by atoms with Crippen molar-refractivity contribution < 1.29 is 14.3 Å². The third-order valence-corrected chi connectivity index (χ3v) is 0.287. The summed E-state index contributed by atoms with van der Waals surface area (Å²) in [7, 11) is 0. The molecule has 5 heteroatoms. The van der Waals surface area contributed by atoms with Gasteiger partial charge in [-0.1, -0.05) is 0 Å². The molecule has 0 unspecified atom stereocenters. The van der Waals surface area contributed by atoms with E-state index in [1.807, 2.05) is 0 Å². The Balaban J connectivity index is -0.000000180. The van der Waals surface area contributed by atoms with E-state index in [0.29, 0.717) is 0 Å². The molecule has 0 heterocycles. The Bertz CT molecular complexity index is 92.0. The fraction of sp³-hybridized carbons (Fsp3) is 0.500. The maximum atomic E-state index is 9.81. The van der Waals surface area contributed by atoms with Crippen LogP contribution < -0.4 is 0 Å². The van der Waals surface area contributed by atoms with Crippen molar-refractivity contribution in [2.45, 2.75) is 13.8 Å². The molecule has 0 radical (unpaired) electrons. The molecule has 0 spiro atoms. The zero-order valence-corrected chi connectivity index (χ0v) is 4.22. The number of esters is 2. The van der Waals surface area contributed by atoms with Gasteiger partial charge in [-0.25, -0.2) is 0 Å². The molecule has 0 amide bonds. The van der Waals surface area contributed by atoms with Crippen molar-refractivity contribution in [2.24, 2.45) is 0 Å². The molecule has 0 fully saturated rings. The van der Waals surface area contributed by atoms with Crippen LogP contribution in [0, 0.1) is 0 Å². The van der Waals surface area contributed by atoms with E-state index in [1.54, 1.807) is 0 Å². The topological polar surface area (TPSA) is 43.4 Å². The van der Waals surface area contributed by atoms with Gasteiger partial charge in [-0.2, -0.15) is 0 Å². The van der Waals surface area contributed by atoms with Gasteiger partial charge in [0.25, 0.3) is 0 Å². The van der Waals surface area contributed by atoms with E-state index < -0.39 is 11.9 Å². The van der Waals surface area contributed by atoms with Gasteiger partial charge in [0.15, 0.2) is 0 Å². The molecule has 0 saturated carbocycles. The van der Waals surface area contributed by atoms with Crippen LogP contribution in [0.1, 0.15) is 13.8 Å². The molecule has 0 aliphatic rings. The molecule has 0 N–H and O–H groups in total. The Kier molecular flexibility index (Phi) is 18.5. The second kappa shape index (κ2) is 9.78. The summed E-state index contributed by atoms with van der Waals surface area (Å²) in [5.74, 6) is -1.12.